The lowest BCUT2D eigenvalue weighted by Crippen LogP contribution is -2.28. The molecule has 0 spiro atoms. The van der Waals surface area contributed by atoms with E-state index in [9.17, 15) is 10.1 Å². The van der Waals surface area contributed by atoms with E-state index >= 15 is 0 Å². The topological polar surface area (TPSA) is 88.2 Å². The van der Waals surface area contributed by atoms with Crippen LogP contribution in [0.4, 0.5) is 0 Å². The lowest BCUT2D eigenvalue weighted by molar-refractivity contribution is -0.416. The predicted molar refractivity (Wildman–Crippen MR) is 71.2 cm³/mol. The Balaban J connectivity index is 5.20. The largest absolute Gasteiger partial charge is 0.384 e. The van der Waals surface area contributed by atoms with E-state index in [-0.39, 0.29) is 12.3 Å². The van der Waals surface area contributed by atoms with Crippen molar-refractivity contribution in [3.05, 3.63) is 46.8 Å². The van der Waals surface area contributed by atoms with Crippen molar-refractivity contribution in [2.24, 2.45) is 0 Å². The van der Waals surface area contributed by atoms with Gasteiger partial charge in [-0.25, -0.2) is 0 Å². The summed E-state index contributed by atoms with van der Waals surface area (Å²) in [7, 11) is 1.57. The van der Waals surface area contributed by atoms with E-state index in [2.05, 4.69) is 18.5 Å². The summed E-state index contributed by atoms with van der Waals surface area (Å²) in [4.78, 5) is 10.2. The first-order chi connectivity index (χ1) is 8.62. The van der Waals surface area contributed by atoms with Crippen LogP contribution in [-0.4, -0.2) is 30.9 Å². The second kappa shape index (κ2) is 9.12. The molecule has 6 nitrogen and oxygen atoms in total. The number of nitrogens with zero attached hydrogens (tertiary/aromatic N) is 1. The number of allylic oxidation sites excluding steroid dienone is 2. The molecule has 0 aliphatic carbocycles. The van der Waals surface area contributed by atoms with Crippen molar-refractivity contribution in [1.82, 2.24) is 5.32 Å². The Kier molecular flexibility index (Phi) is 8.13. The van der Waals surface area contributed by atoms with Gasteiger partial charge in [0.1, 0.15) is 11.8 Å². The van der Waals surface area contributed by atoms with Gasteiger partial charge in [-0.3, -0.25) is 10.1 Å². The summed E-state index contributed by atoms with van der Waals surface area (Å²) in [6.45, 7) is 7.43. The maximum absolute atomic E-state index is 10.8. The Morgan fingerprint density at radius 1 is 1.56 bits per heavy atom. The quantitative estimate of drug-likeness (QED) is 0.269. The van der Waals surface area contributed by atoms with Crippen molar-refractivity contribution in [2.45, 2.75) is 18.9 Å². The van der Waals surface area contributed by atoms with Crippen LogP contribution in [0.15, 0.2) is 36.7 Å². The van der Waals surface area contributed by atoms with Crippen LogP contribution >= 0.6 is 0 Å². The van der Waals surface area contributed by atoms with Gasteiger partial charge in [0.15, 0.2) is 0 Å². The van der Waals surface area contributed by atoms with Crippen LogP contribution in [0, 0.1) is 15.5 Å². The Morgan fingerprint density at radius 3 is 2.61 bits per heavy atom. The van der Waals surface area contributed by atoms with E-state index in [4.69, 9.17) is 10.1 Å². The fourth-order valence-corrected chi connectivity index (χ4v) is 1.45. The highest BCUT2D eigenvalue weighted by Crippen LogP contribution is 2.15. The van der Waals surface area contributed by atoms with Crippen LogP contribution in [0.1, 0.15) is 12.8 Å². The molecule has 0 amide bonds. The van der Waals surface area contributed by atoms with E-state index in [1.54, 1.807) is 19.2 Å². The molecular formula is C12H19N3O3. The number of nitrogens with one attached hydrogen (secondary N) is 2. The minimum absolute atomic E-state index is 0.288. The van der Waals surface area contributed by atoms with Gasteiger partial charge < -0.3 is 15.5 Å². The summed E-state index contributed by atoms with van der Waals surface area (Å²) >= 11 is 0. The highest BCUT2D eigenvalue weighted by Gasteiger charge is 2.23. The summed E-state index contributed by atoms with van der Waals surface area (Å²) in [5, 5.41) is 20.7. The molecule has 0 saturated carbocycles. The molecule has 1 atom stereocenters. The number of hydrogen-bond acceptors (Lipinski definition) is 5. The third-order valence-electron chi connectivity index (χ3n) is 2.25. The molecule has 0 aromatic rings. The van der Waals surface area contributed by atoms with Gasteiger partial charge in [0, 0.05) is 7.05 Å². The number of likely N-dealkylation sites (N-methyl/N-ethyl adjacent to an activating group) is 1. The molecule has 0 rings (SSSR count). The zero-order valence-corrected chi connectivity index (χ0v) is 10.5. The molecule has 0 radical (unpaired) electrons. The lowest BCUT2D eigenvalue weighted by atomic mass is 10.1. The molecule has 0 heterocycles. The van der Waals surface area contributed by atoms with Crippen molar-refractivity contribution < 1.29 is 9.66 Å². The average molecular weight is 253 g/mol. The molecule has 0 bridgehead atoms. The zero-order valence-electron chi connectivity index (χ0n) is 10.5. The Hall–Kier alpha value is -1.95. The van der Waals surface area contributed by atoms with E-state index < -0.39 is 11.0 Å². The van der Waals surface area contributed by atoms with Crippen molar-refractivity contribution in [2.75, 3.05) is 13.7 Å². The maximum Gasteiger partial charge on any atom is 0.308 e. The first-order valence-electron chi connectivity index (χ1n) is 5.52. The molecule has 18 heavy (non-hydrogen) atoms. The molecule has 0 saturated heterocycles. The summed E-state index contributed by atoms with van der Waals surface area (Å²) in [6, 6.07) is 0. The van der Waals surface area contributed by atoms with Crippen LogP contribution in [0.25, 0.3) is 0 Å². The smallest absolute Gasteiger partial charge is 0.308 e. The van der Waals surface area contributed by atoms with Crippen molar-refractivity contribution in [1.29, 1.82) is 5.41 Å². The van der Waals surface area contributed by atoms with E-state index in [1.165, 1.54) is 0 Å². The van der Waals surface area contributed by atoms with Crippen LogP contribution < -0.4 is 5.32 Å². The van der Waals surface area contributed by atoms with E-state index in [0.29, 0.717) is 24.8 Å². The van der Waals surface area contributed by atoms with Gasteiger partial charge >= 0.3 is 5.70 Å². The summed E-state index contributed by atoms with van der Waals surface area (Å²) < 4.78 is 5.49. The molecule has 1 unspecified atom stereocenters. The third-order valence-corrected chi connectivity index (χ3v) is 2.25. The van der Waals surface area contributed by atoms with E-state index in [1.807, 2.05) is 0 Å². The first kappa shape index (κ1) is 16.1. The Morgan fingerprint density at radius 2 is 2.22 bits per heavy atom. The number of ether oxygens (including phenoxy) is 1. The fourth-order valence-electron chi connectivity index (χ4n) is 1.45. The average Bonchev–Trinajstić information content (AvgIpc) is 2.36. The maximum atomic E-state index is 10.8. The highest BCUT2D eigenvalue weighted by atomic mass is 16.6. The summed E-state index contributed by atoms with van der Waals surface area (Å²) in [5.41, 5.74) is -0.00526. The normalized spacial score (nSPS) is 13.2. The van der Waals surface area contributed by atoms with Gasteiger partial charge in [-0.1, -0.05) is 12.2 Å². The molecular weight excluding hydrogens is 234 g/mol. The predicted octanol–water partition coefficient (Wildman–Crippen LogP) is 1.88. The molecule has 0 aliphatic heterocycles. The fraction of sp³-hybridized carbons (Fsp3) is 0.417. The van der Waals surface area contributed by atoms with Crippen LogP contribution in [0.2, 0.25) is 0 Å². The van der Waals surface area contributed by atoms with Crippen LogP contribution in [0.5, 0.6) is 0 Å². The van der Waals surface area contributed by atoms with Crippen LogP contribution in [0.3, 0.4) is 0 Å². The zero-order chi connectivity index (χ0) is 14.0. The molecule has 2 N–H and O–H groups in total. The Bertz CT molecular complexity index is 338. The van der Waals surface area contributed by atoms with Gasteiger partial charge in [-0.2, -0.15) is 0 Å². The van der Waals surface area contributed by atoms with Gasteiger partial charge in [0.2, 0.25) is 0 Å². The molecule has 0 aromatic carbocycles. The van der Waals surface area contributed by atoms with E-state index in [0.717, 1.165) is 0 Å². The second-order valence-electron chi connectivity index (χ2n) is 3.43. The minimum Gasteiger partial charge on any atom is -0.384 e. The molecule has 0 fully saturated rings. The third kappa shape index (κ3) is 4.92. The molecule has 0 aromatic heterocycles. The van der Waals surface area contributed by atoms with Crippen molar-refractivity contribution in [3.8, 4) is 0 Å². The number of rotatable bonds is 10. The van der Waals surface area contributed by atoms with Gasteiger partial charge in [0.25, 0.3) is 0 Å². The standard InChI is InChI=1S/C12H19N3O3/c1-4-6-7-11(18-8-5-2)12(14-3)10(9-13)15(16)17/h4-5,9,11,13-14H,1-2,6-8H2,3H3/b12-10+,13-9?. The Labute approximate surface area is 107 Å². The number of hydrogen-bond donors (Lipinski definition) is 2. The number of nitro groups is 1. The molecule has 0 aliphatic rings. The minimum atomic E-state index is -0.600. The van der Waals surface area contributed by atoms with Crippen molar-refractivity contribution >= 4 is 6.21 Å². The van der Waals surface area contributed by atoms with Gasteiger partial charge in [0.05, 0.1) is 17.7 Å². The summed E-state index contributed by atoms with van der Waals surface area (Å²) in [6.07, 6.45) is 4.74. The second-order valence-corrected chi connectivity index (χ2v) is 3.43. The van der Waals surface area contributed by atoms with Crippen LogP contribution in [-0.2, 0) is 4.74 Å². The lowest BCUT2D eigenvalue weighted by Gasteiger charge is -2.19. The molecule has 6 heteroatoms. The monoisotopic (exact) mass is 253 g/mol. The molecule has 100 valence electrons. The highest BCUT2D eigenvalue weighted by molar-refractivity contribution is 5.73. The van der Waals surface area contributed by atoms with Crippen molar-refractivity contribution in [3.63, 3.8) is 0 Å². The van der Waals surface area contributed by atoms with Gasteiger partial charge in [-0.15, -0.1) is 13.2 Å². The first-order valence-corrected chi connectivity index (χ1v) is 5.52. The SMILES string of the molecule is C=CCCC(OCC=C)/C(NC)=C(/C=N)[N+](=O)[O-]. The van der Waals surface area contributed by atoms with Gasteiger partial charge in [-0.05, 0) is 12.8 Å². The summed E-state index contributed by atoms with van der Waals surface area (Å²) in [5.74, 6) is 0.